The molecule has 48 heavy (non-hydrogen) atoms. The molecule has 0 aliphatic rings. The van der Waals surface area contributed by atoms with E-state index in [0.29, 0.717) is 19.4 Å². The van der Waals surface area contributed by atoms with E-state index in [0.717, 1.165) is 26.7 Å². The maximum absolute atomic E-state index is 13.8. The summed E-state index contributed by atoms with van der Waals surface area (Å²) in [5.41, 5.74) is 4.34. The monoisotopic (exact) mass is 692 g/mol. The van der Waals surface area contributed by atoms with Crippen LogP contribution in [0.5, 0.6) is 0 Å². The molecule has 11 nitrogen and oxygen atoms in total. The van der Waals surface area contributed by atoms with Gasteiger partial charge < -0.3 is 30.7 Å². The second kappa shape index (κ2) is 18.3. The number of rotatable bonds is 16. The van der Waals surface area contributed by atoms with Crippen molar-refractivity contribution in [2.24, 2.45) is 5.92 Å². The van der Waals surface area contributed by atoms with Crippen LogP contribution in [0.3, 0.4) is 0 Å². The van der Waals surface area contributed by atoms with Crippen LogP contribution in [0.15, 0.2) is 77.8 Å². The molecule has 2 aromatic carbocycles. The summed E-state index contributed by atoms with van der Waals surface area (Å²) < 4.78 is 5.41. The van der Waals surface area contributed by atoms with Crippen molar-refractivity contribution in [3.05, 3.63) is 104 Å². The van der Waals surface area contributed by atoms with E-state index in [1.807, 2.05) is 86.8 Å². The molecule has 2 aromatic heterocycles. The SMILES string of the molecule is Cc1nc(CN(C)C(=O)NC(C(=O)N[C@@H](Cc2ccccc2)C[C@H](O)[C@H](Cc2ccccc2)NC(=O)OCc2cncs2)C(C)C)cs1. The van der Waals surface area contributed by atoms with E-state index in [9.17, 15) is 19.5 Å². The highest BCUT2D eigenvalue weighted by atomic mass is 32.1. The molecule has 2 heterocycles. The number of aryl methyl sites for hydroxylation is 1. The van der Waals surface area contributed by atoms with Crippen LogP contribution in [0.4, 0.5) is 9.59 Å². The number of hydrogen-bond acceptors (Lipinski definition) is 9. The Bertz CT molecular complexity index is 1570. The number of ether oxygens (including phenoxy) is 1. The van der Waals surface area contributed by atoms with Gasteiger partial charge in [0.2, 0.25) is 5.91 Å². The molecule has 4 rings (SSSR count). The molecular weight excluding hydrogens is 649 g/mol. The highest BCUT2D eigenvalue weighted by Gasteiger charge is 2.31. The predicted octanol–water partition coefficient (Wildman–Crippen LogP) is 5.09. The van der Waals surface area contributed by atoms with Crippen LogP contribution in [-0.4, -0.2) is 69.3 Å². The molecule has 1 unspecified atom stereocenters. The second-order valence-electron chi connectivity index (χ2n) is 12.1. The molecule has 4 amide bonds. The van der Waals surface area contributed by atoms with E-state index in [1.165, 1.54) is 27.6 Å². The summed E-state index contributed by atoms with van der Waals surface area (Å²) in [4.78, 5) is 50.5. The van der Waals surface area contributed by atoms with Crippen molar-refractivity contribution >= 4 is 40.7 Å². The Kier molecular flexibility index (Phi) is 13.9. The van der Waals surface area contributed by atoms with Crippen molar-refractivity contribution in [1.82, 2.24) is 30.8 Å². The van der Waals surface area contributed by atoms with Gasteiger partial charge in [0.25, 0.3) is 0 Å². The van der Waals surface area contributed by atoms with E-state index < -0.39 is 36.4 Å². The predicted molar refractivity (Wildman–Crippen MR) is 188 cm³/mol. The number of carbonyl (C=O) groups is 3. The summed E-state index contributed by atoms with van der Waals surface area (Å²) in [6, 6.07) is 16.8. The van der Waals surface area contributed by atoms with E-state index in [1.54, 1.807) is 18.8 Å². The van der Waals surface area contributed by atoms with Gasteiger partial charge in [-0.15, -0.1) is 22.7 Å². The van der Waals surface area contributed by atoms with Crippen LogP contribution < -0.4 is 16.0 Å². The lowest BCUT2D eigenvalue weighted by Gasteiger charge is -2.30. The summed E-state index contributed by atoms with van der Waals surface area (Å²) in [6.07, 6.45) is 0.840. The maximum atomic E-state index is 13.8. The van der Waals surface area contributed by atoms with E-state index in [4.69, 9.17) is 4.74 Å². The lowest BCUT2D eigenvalue weighted by molar-refractivity contribution is -0.124. The number of nitrogens with zero attached hydrogens (tertiary/aromatic N) is 3. The minimum absolute atomic E-state index is 0.0677. The van der Waals surface area contributed by atoms with E-state index in [2.05, 4.69) is 25.9 Å². The minimum atomic E-state index is -1.05. The molecule has 4 atom stereocenters. The number of urea groups is 1. The molecule has 13 heteroatoms. The average Bonchev–Trinajstić information content (AvgIpc) is 3.74. The summed E-state index contributed by atoms with van der Waals surface area (Å²) in [7, 11) is 1.66. The molecule has 256 valence electrons. The first-order chi connectivity index (χ1) is 23.1. The molecule has 0 aliphatic carbocycles. The molecule has 0 saturated heterocycles. The fraction of sp³-hybridized carbons (Fsp3) is 0.400. The van der Waals surface area contributed by atoms with Gasteiger partial charge in [0, 0.05) is 24.7 Å². The number of aliphatic hydroxyl groups excluding tert-OH is 1. The van der Waals surface area contributed by atoms with Crippen molar-refractivity contribution in [2.45, 2.75) is 77.4 Å². The van der Waals surface area contributed by atoms with Crippen molar-refractivity contribution in [2.75, 3.05) is 7.05 Å². The third-order valence-corrected chi connectivity index (χ3v) is 9.31. The zero-order valence-corrected chi connectivity index (χ0v) is 29.3. The second-order valence-corrected chi connectivity index (χ2v) is 14.1. The highest BCUT2D eigenvalue weighted by molar-refractivity contribution is 7.09. The van der Waals surface area contributed by atoms with Gasteiger partial charge >= 0.3 is 12.1 Å². The Hall–Kier alpha value is -4.33. The van der Waals surface area contributed by atoms with Crippen LogP contribution in [0, 0.1) is 12.8 Å². The van der Waals surface area contributed by atoms with Gasteiger partial charge in [-0.05, 0) is 43.2 Å². The van der Waals surface area contributed by atoms with Gasteiger partial charge in [-0.3, -0.25) is 9.78 Å². The first-order valence-electron chi connectivity index (χ1n) is 15.9. The number of aliphatic hydroxyl groups is 1. The van der Waals surface area contributed by atoms with Gasteiger partial charge in [0.15, 0.2) is 0 Å². The molecule has 0 bridgehead atoms. The van der Waals surface area contributed by atoms with Crippen molar-refractivity contribution in [3.8, 4) is 0 Å². The number of alkyl carbamates (subject to hydrolysis) is 1. The molecule has 0 fully saturated rings. The number of benzene rings is 2. The van der Waals surface area contributed by atoms with Gasteiger partial charge in [0.05, 0.1) is 39.8 Å². The largest absolute Gasteiger partial charge is 0.444 e. The van der Waals surface area contributed by atoms with E-state index >= 15 is 0 Å². The Morgan fingerprint density at radius 1 is 0.938 bits per heavy atom. The smallest absolute Gasteiger partial charge is 0.407 e. The molecule has 0 radical (unpaired) electrons. The quantitative estimate of drug-likeness (QED) is 0.128. The highest BCUT2D eigenvalue weighted by Crippen LogP contribution is 2.16. The molecule has 0 spiro atoms. The van der Waals surface area contributed by atoms with Crippen LogP contribution in [0.25, 0.3) is 0 Å². The number of aromatic nitrogens is 2. The number of nitrogens with one attached hydrogen (secondary N) is 3. The number of thiazole rings is 2. The Morgan fingerprint density at radius 2 is 1.60 bits per heavy atom. The molecule has 4 N–H and O–H groups in total. The lowest BCUT2D eigenvalue weighted by Crippen LogP contribution is -2.55. The van der Waals surface area contributed by atoms with Crippen LogP contribution >= 0.6 is 22.7 Å². The van der Waals surface area contributed by atoms with Gasteiger partial charge in [-0.2, -0.15) is 0 Å². The molecule has 0 aliphatic heterocycles. The number of amides is 4. The zero-order valence-electron chi connectivity index (χ0n) is 27.7. The van der Waals surface area contributed by atoms with Gasteiger partial charge in [-0.1, -0.05) is 74.5 Å². The lowest BCUT2D eigenvalue weighted by atomic mass is 9.93. The summed E-state index contributed by atoms with van der Waals surface area (Å²) in [6.45, 7) is 6.03. The fourth-order valence-corrected chi connectivity index (χ4v) is 6.32. The zero-order chi connectivity index (χ0) is 34.5. The standard InChI is InChI=1S/C35H44N6O5S2/c1-23(2)32(40-34(44)41(4)19-28-21-47-24(3)37-28)33(43)38-27(15-25-11-7-5-8-12-25)17-31(42)30(16-26-13-9-6-10-14-26)39-35(45)46-20-29-18-36-22-48-29/h5-14,18,21-23,27,30-32,42H,15-17,19-20H2,1-4H3,(H,38,43)(H,39,45)(H,40,44)/t27-,30-,31-,32?/m0/s1. The fourth-order valence-electron chi connectivity index (χ4n) is 5.21. The third-order valence-electron chi connectivity index (χ3n) is 7.73. The third kappa shape index (κ3) is 11.7. The van der Waals surface area contributed by atoms with Crippen LogP contribution in [0.2, 0.25) is 0 Å². The molecular formula is C35H44N6O5S2. The first-order valence-corrected chi connectivity index (χ1v) is 17.6. The Morgan fingerprint density at radius 3 is 2.19 bits per heavy atom. The Labute approximate surface area is 289 Å². The Balaban J connectivity index is 1.47. The number of carbonyl (C=O) groups excluding carboxylic acids is 3. The maximum Gasteiger partial charge on any atom is 0.407 e. The van der Waals surface area contributed by atoms with Gasteiger partial charge in [-0.25, -0.2) is 14.6 Å². The van der Waals surface area contributed by atoms with Crippen molar-refractivity contribution in [3.63, 3.8) is 0 Å². The minimum Gasteiger partial charge on any atom is -0.444 e. The van der Waals surface area contributed by atoms with Crippen LogP contribution in [-0.2, 0) is 35.5 Å². The normalized spacial score (nSPS) is 13.6. The topological polar surface area (TPSA) is 146 Å². The van der Waals surface area contributed by atoms with Crippen molar-refractivity contribution in [1.29, 1.82) is 0 Å². The van der Waals surface area contributed by atoms with Crippen LogP contribution in [0.1, 0.15) is 47.0 Å². The molecule has 0 saturated carbocycles. The summed E-state index contributed by atoms with van der Waals surface area (Å²) in [5, 5.41) is 23.3. The molecule has 4 aromatic rings. The summed E-state index contributed by atoms with van der Waals surface area (Å²) >= 11 is 2.90. The average molecular weight is 693 g/mol. The van der Waals surface area contributed by atoms with E-state index in [-0.39, 0.29) is 24.9 Å². The van der Waals surface area contributed by atoms with Gasteiger partial charge in [0.1, 0.15) is 12.6 Å². The van der Waals surface area contributed by atoms with Crippen molar-refractivity contribution < 1.29 is 24.2 Å². The summed E-state index contributed by atoms with van der Waals surface area (Å²) in [5.74, 6) is -0.576. The first kappa shape index (κ1) is 36.5. The number of hydrogen-bond donors (Lipinski definition) is 4.